The quantitative estimate of drug-likeness (QED) is 0.140. The van der Waals surface area contributed by atoms with E-state index in [2.05, 4.69) is 35.5 Å². The summed E-state index contributed by atoms with van der Waals surface area (Å²) in [5.41, 5.74) is 7.46. The van der Waals surface area contributed by atoms with Crippen LogP contribution < -0.4 is 26.7 Å². The fourth-order valence-corrected chi connectivity index (χ4v) is 7.99. The molecule has 1 spiro atoms. The molecule has 4 N–H and O–H groups in total. The maximum absolute atomic E-state index is 14.1. The molecule has 0 radical (unpaired) electrons. The molecule has 0 bridgehead atoms. The van der Waals surface area contributed by atoms with Crippen LogP contribution in [0.5, 0.6) is 5.75 Å². The van der Waals surface area contributed by atoms with Gasteiger partial charge in [-0.15, -0.1) is 0 Å². The molecule has 5 unspecified atom stereocenters. The van der Waals surface area contributed by atoms with Gasteiger partial charge in [0, 0.05) is 73.4 Å². The molecule has 6 rings (SSSR count). The summed E-state index contributed by atoms with van der Waals surface area (Å²) in [6.07, 6.45) is 10.9. The molecule has 1 amide bonds. The molecule has 1 aliphatic carbocycles. The van der Waals surface area contributed by atoms with Gasteiger partial charge in [0.1, 0.15) is 11.3 Å². The molecule has 4 aliphatic rings. The van der Waals surface area contributed by atoms with Crippen LogP contribution in [0.1, 0.15) is 65.9 Å². The zero-order valence-corrected chi connectivity index (χ0v) is 29.6. The summed E-state index contributed by atoms with van der Waals surface area (Å²) in [6, 6.07) is 7.09. The van der Waals surface area contributed by atoms with Crippen molar-refractivity contribution in [1.29, 1.82) is 0 Å². The van der Waals surface area contributed by atoms with Gasteiger partial charge in [-0.1, -0.05) is 32.1 Å². The maximum atomic E-state index is 14.1. The second-order valence-corrected chi connectivity index (χ2v) is 14.7. The van der Waals surface area contributed by atoms with Crippen molar-refractivity contribution in [3.05, 3.63) is 87.1 Å². The largest absolute Gasteiger partial charge is 0.481 e. The average molecular weight is 671 g/mol. The monoisotopic (exact) mass is 670 g/mol. The number of benzene rings is 1. The lowest BCUT2D eigenvalue weighted by Gasteiger charge is -2.51. The molecule has 49 heavy (non-hydrogen) atoms. The van der Waals surface area contributed by atoms with Gasteiger partial charge in [-0.25, -0.2) is 9.59 Å². The zero-order chi connectivity index (χ0) is 35.1. The summed E-state index contributed by atoms with van der Waals surface area (Å²) in [5, 5.41) is 7.34. The average Bonchev–Trinajstić information content (AvgIpc) is 3.42. The highest BCUT2D eigenvalue weighted by atomic mass is 16.6. The molecule has 10 heteroatoms. The van der Waals surface area contributed by atoms with Gasteiger partial charge in [-0.3, -0.25) is 4.79 Å². The van der Waals surface area contributed by atoms with E-state index >= 15 is 0 Å². The second-order valence-electron chi connectivity index (χ2n) is 14.7. The van der Waals surface area contributed by atoms with Crippen LogP contribution in [0.15, 0.2) is 80.3 Å². The minimum atomic E-state index is -1.10. The summed E-state index contributed by atoms with van der Waals surface area (Å²) in [5.74, 6) is 1.35. The molecular weight excluding hydrogens is 620 g/mol. The van der Waals surface area contributed by atoms with E-state index in [1.54, 1.807) is 25.1 Å². The van der Waals surface area contributed by atoms with Gasteiger partial charge in [0.15, 0.2) is 11.2 Å². The topological polar surface area (TPSA) is 136 Å². The van der Waals surface area contributed by atoms with Crippen molar-refractivity contribution in [3.8, 4) is 5.75 Å². The van der Waals surface area contributed by atoms with E-state index in [4.69, 9.17) is 19.6 Å². The lowest BCUT2D eigenvalue weighted by atomic mass is 9.63. The number of nitrogens with zero attached hydrogens (tertiary/aromatic N) is 1. The van der Waals surface area contributed by atoms with Gasteiger partial charge in [0.05, 0.1) is 12.2 Å². The van der Waals surface area contributed by atoms with Crippen LogP contribution in [0.3, 0.4) is 0 Å². The first-order chi connectivity index (χ1) is 23.4. The van der Waals surface area contributed by atoms with Crippen molar-refractivity contribution >= 4 is 22.8 Å². The summed E-state index contributed by atoms with van der Waals surface area (Å²) >= 11 is 0. The van der Waals surface area contributed by atoms with Crippen molar-refractivity contribution in [3.63, 3.8) is 0 Å². The highest BCUT2D eigenvalue weighted by Crippen LogP contribution is 2.54. The second kappa shape index (κ2) is 13.5. The Labute approximate surface area is 288 Å². The highest BCUT2D eigenvalue weighted by Gasteiger charge is 2.62. The molecule has 1 aromatic heterocycles. The number of likely N-dealkylation sites (tertiary alicyclic amines) is 1. The van der Waals surface area contributed by atoms with E-state index < -0.39 is 28.7 Å². The third-order valence-corrected chi connectivity index (χ3v) is 11.0. The van der Waals surface area contributed by atoms with Gasteiger partial charge in [-0.2, -0.15) is 0 Å². The molecule has 262 valence electrons. The number of fused-ring (bicyclic) bond motifs is 2. The van der Waals surface area contributed by atoms with Crippen molar-refractivity contribution < 1.29 is 23.5 Å². The molecule has 3 aliphatic heterocycles. The van der Waals surface area contributed by atoms with E-state index in [0.29, 0.717) is 53.9 Å². The SMILES string of the molecule is CC=C(C)C(=O)OC1(C)CC=CC(C2=C(CC(=O)N3CC(CNC)C3CCC(C)C)CNC(N)=C2)C12Cc1cc3ccc(=O)oc3cc1O2. The molecule has 10 nitrogen and oxygen atoms in total. The Kier molecular flexibility index (Phi) is 9.55. The van der Waals surface area contributed by atoms with Crippen molar-refractivity contribution in [1.82, 2.24) is 15.5 Å². The Bertz CT molecular complexity index is 1820. The molecule has 0 saturated carbocycles. The Morgan fingerprint density at radius 2 is 2.06 bits per heavy atom. The van der Waals surface area contributed by atoms with Crippen LogP contribution >= 0.6 is 0 Å². The van der Waals surface area contributed by atoms with Gasteiger partial charge in [0.2, 0.25) is 5.91 Å². The highest BCUT2D eigenvalue weighted by molar-refractivity contribution is 5.88. The van der Waals surface area contributed by atoms with Gasteiger partial charge in [0.25, 0.3) is 0 Å². The standard InChI is InChI=1S/C39H50N4O6/c1-7-24(4)37(46)49-38(5)14-8-9-30(39(38)19-26-15-25-11-13-36(45)47-32(25)18-33(26)48-39)29-17-34(40)42-21-27(29)16-35(44)43-22-28(20-41-6)31(43)12-10-23(2)3/h7-9,11,13,15,17-18,23,28,30-31,41-42H,10,12,14,16,19-22,40H2,1-6H3. The number of rotatable bonds is 10. The molecule has 5 atom stereocenters. The van der Waals surface area contributed by atoms with Crippen LogP contribution in [0.4, 0.5) is 0 Å². The number of allylic oxidation sites excluding steroid dienone is 2. The number of hydrogen-bond donors (Lipinski definition) is 3. The van der Waals surface area contributed by atoms with Crippen LogP contribution in [0.2, 0.25) is 0 Å². The maximum Gasteiger partial charge on any atom is 0.336 e. The number of hydrogen-bond acceptors (Lipinski definition) is 9. The smallest absolute Gasteiger partial charge is 0.336 e. The number of esters is 1. The summed E-state index contributed by atoms with van der Waals surface area (Å²) in [6.45, 7) is 12.0. The Morgan fingerprint density at radius 1 is 1.27 bits per heavy atom. The number of dihydropyridines is 1. The molecule has 1 aromatic carbocycles. The van der Waals surface area contributed by atoms with Crippen LogP contribution in [-0.2, 0) is 20.7 Å². The predicted octanol–water partition coefficient (Wildman–Crippen LogP) is 4.88. The van der Waals surface area contributed by atoms with E-state index in [-0.39, 0.29) is 18.4 Å². The van der Waals surface area contributed by atoms with E-state index in [1.165, 1.54) is 6.07 Å². The minimum Gasteiger partial charge on any atom is -0.481 e. The minimum absolute atomic E-state index is 0.105. The number of amides is 1. The van der Waals surface area contributed by atoms with Crippen molar-refractivity contribution in [2.24, 2.45) is 23.5 Å². The lowest BCUT2D eigenvalue weighted by molar-refractivity contribution is -0.185. The van der Waals surface area contributed by atoms with Gasteiger partial charge < -0.3 is 35.2 Å². The molecule has 1 fully saturated rings. The summed E-state index contributed by atoms with van der Waals surface area (Å²) < 4.78 is 18.9. The van der Waals surface area contributed by atoms with Gasteiger partial charge in [-0.05, 0) is 81.5 Å². The first-order valence-electron chi connectivity index (χ1n) is 17.5. The summed E-state index contributed by atoms with van der Waals surface area (Å²) in [7, 11) is 1.96. The van der Waals surface area contributed by atoms with Crippen LogP contribution in [0, 0.1) is 17.8 Å². The normalized spacial score (nSPS) is 27.9. The number of carbonyl (C=O) groups excluding carboxylic acids is 2. The van der Waals surface area contributed by atoms with E-state index in [1.807, 2.05) is 39.1 Å². The van der Waals surface area contributed by atoms with Crippen molar-refractivity contribution in [2.45, 2.75) is 84.0 Å². The van der Waals surface area contributed by atoms with E-state index in [0.717, 1.165) is 48.0 Å². The molecule has 2 aromatic rings. The van der Waals surface area contributed by atoms with Crippen molar-refractivity contribution in [2.75, 3.05) is 26.7 Å². The Hall–Kier alpha value is -4.31. The molecule has 1 saturated heterocycles. The summed E-state index contributed by atoms with van der Waals surface area (Å²) in [4.78, 5) is 41.6. The first-order valence-corrected chi connectivity index (χ1v) is 17.5. The Morgan fingerprint density at radius 3 is 2.80 bits per heavy atom. The fraction of sp³-hybridized carbons (Fsp3) is 0.513. The number of ether oxygens (including phenoxy) is 2. The van der Waals surface area contributed by atoms with E-state index in [9.17, 15) is 14.4 Å². The Balaban J connectivity index is 1.40. The number of carbonyl (C=O) groups is 2. The predicted molar refractivity (Wildman–Crippen MR) is 190 cm³/mol. The first kappa shape index (κ1) is 34.5. The van der Waals surface area contributed by atoms with Crippen LogP contribution in [0.25, 0.3) is 11.0 Å². The third kappa shape index (κ3) is 6.43. The number of nitrogens with two attached hydrogens (primary N) is 1. The number of nitrogens with one attached hydrogen (secondary N) is 2. The van der Waals surface area contributed by atoms with Gasteiger partial charge >= 0.3 is 11.6 Å². The lowest BCUT2D eigenvalue weighted by Crippen LogP contribution is -2.64. The molecular formula is C39H50N4O6. The third-order valence-electron chi connectivity index (χ3n) is 11.0. The zero-order valence-electron chi connectivity index (χ0n) is 29.6. The van der Waals surface area contributed by atoms with Crippen LogP contribution in [-0.4, -0.2) is 60.7 Å². The fourth-order valence-electron chi connectivity index (χ4n) is 7.99. The molecule has 4 heterocycles.